The maximum absolute atomic E-state index is 12.3. The van der Waals surface area contributed by atoms with E-state index >= 15 is 0 Å². The van der Waals surface area contributed by atoms with Crippen LogP contribution in [0.1, 0.15) is 25.5 Å². The first kappa shape index (κ1) is 13.3. The Morgan fingerprint density at radius 1 is 1.53 bits per heavy atom. The fraction of sp³-hybridized carbons (Fsp3) is 0.357. The van der Waals surface area contributed by atoms with Gasteiger partial charge in [-0.1, -0.05) is 0 Å². The summed E-state index contributed by atoms with van der Waals surface area (Å²) in [6, 6.07) is 2.86. The molecule has 0 aliphatic carbocycles. The summed E-state index contributed by atoms with van der Waals surface area (Å²) in [5, 5.41) is 0.513. The van der Waals surface area contributed by atoms with E-state index in [-0.39, 0.29) is 5.56 Å². The van der Waals surface area contributed by atoms with E-state index in [1.54, 1.807) is 38.4 Å². The lowest BCUT2D eigenvalue weighted by Crippen LogP contribution is -2.29. The van der Waals surface area contributed by atoms with E-state index in [4.69, 9.17) is 4.74 Å². The van der Waals surface area contributed by atoms with Crippen molar-refractivity contribution in [2.24, 2.45) is 0 Å². The Labute approximate surface area is 110 Å². The van der Waals surface area contributed by atoms with Crippen LogP contribution in [-0.4, -0.2) is 22.1 Å². The summed E-state index contributed by atoms with van der Waals surface area (Å²) < 4.78 is 6.31. The monoisotopic (exact) mass is 260 g/mol. The normalized spacial score (nSPS) is 12.4. The largest absolute Gasteiger partial charge is 0.464 e. The predicted molar refractivity (Wildman–Crippen MR) is 72.1 cm³/mol. The Hall–Kier alpha value is -2.17. The number of nitrogens with zero attached hydrogens (tertiary/aromatic N) is 2. The van der Waals surface area contributed by atoms with Crippen LogP contribution in [0.15, 0.2) is 29.3 Å². The van der Waals surface area contributed by atoms with Crippen LogP contribution in [-0.2, 0) is 9.53 Å². The van der Waals surface area contributed by atoms with Gasteiger partial charge in [0.05, 0.1) is 17.5 Å². The summed E-state index contributed by atoms with van der Waals surface area (Å²) in [4.78, 5) is 28.2. The van der Waals surface area contributed by atoms with Crippen LogP contribution in [0.5, 0.6) is 0 Å². The van der Waals surface area contributed by atoms with E-state index in [1.165, 1.54) is 4.57 Å². The molecule has 2 aromatic heterocycles. The molecule has 2 aromatic rings. The minimum atomic E-state index is -0.641. The summed E-state index contributed by atoms with van der Waals surface area (Å²) >= 11 is 0. The Kier molecular flexibility index (Phi) is 3.64. The van der Waals surface area contributed by atoms with Crippen LogP contribution in [0, 0.1) is 6.92 Å². The van der Waals surface area contributed by atoms with Gasteiger partial charge in [-0.05, 0) is 38.5 Å². The predicted octanol–water partition coefficient (Wildman–Crippen LogP) is 1.83. The Morgan fingerprint density at radius 2 is 2.26 bits per heavy atom. The number of fused-ring (bicyclic) bond motifs is 1. The van der Waals surface area contributed by atoms with E-state index in [1.807, 2.05) is 6.92 Å². The molecule has 0 aliphatic heterocycles. The zero-order chi connectivity index (χ0) is 14.0. The average Bonchev–Trinajstić information content (AvgIpc) is 2.39. The SMILES string of the molecule is CCOC(=O)C(C)n1ccc2ncc(C)cc2c1=O. The van der Waals surface area contributed by atoms with Gasteiger partial charge in [0.25, 0.3) is 5.56 Å². The number of carbonyl (C=O) groups is 1. The highest BCUT2D eigenvalue weighted by atomic mass is 16.5. The summed E-state index contributed by atoms with van der Waals surface area (Å²) in [5.41, 5.74) is 1.31. The van der Waals surface area contributed by atoms with Crippen LogP contribution in [0.2, 0.25) is 0 Å². The summed E-state index contributed by atoms with van der Waals surface area (Å²) in [6.45, 7) is 5.56. The molecule has 0 aromatic carbocycles. The number of aryl methyl sites for hydroxylation is 1. The van der Waals surface area contributed by atoms with Gasteiger partial charge in [-0.3, -0.25) is 9.78 Å². The molecule has 1 atom stereocenters. The maximum atomic E-state index is 12.3. The number of pyridine rings is 2. The molecule has 0 aliphatic rings. The van der Waals surface area contributed by atoms with Crippen molar-refractivity contribution in [1.82, 2.24) is 9.55 Å². The van der Waals surface area contributed by atoms with E-state index in [0.717, 1.165) is 5.56 Å². The first-order valence-corrected chi connectivity index (χ1v) is 6.18. The lowest BCUT2D eigenvalue weighted by Gasteiger charge is -2.14. The first-order valence-electron chi connectivity index (χ1n) is 6.18. The fourth-order valence-electron chi connectivity index (χ4n) is 1.92. The summed E-state index contributed by atoms with van der Waals surface area (Å²) in [5.74, 6) is -0.412. The minimum absolute atomic E-state index is 0.228. The van der Waals surface area contributed by atoms with Crippen LogP contribution >= 0.6 is 0 Å². The molecule has 0 spiro atoms. The third-order valence-electron chi connectivity index (χ3n) is 2.96. The van der Waals surface area contributed by atoms with Crippen molar-refractivity contribution in [3.63, 3.8) is 0 Å². The van der Waals surface area contributed by atoms with Crippen molar-refractivity contribution in [2.45, 2.75) is 26.8 Å². The Morgan fingerprint density at radius 3 is 2.95 bits per heavy atom. The number of hydrogen-bond acceptors (Lipinski definition) is 4. The number of carbonyl (C=O) groups excluding carboxylic acids is 1. The minimum Gasteiger partial charge on any atom is -0.464 e. The molecule has 0 fully saturated rings. The summed E-state index contributed by atoms with van der Waals surface area (Å²) in [7, 11) is 0. The molecule has 0 saturated heterocycles. The lowest BCUT2D eigenvalue weighted by atomic mass is 10.2. The van der Waals surface area contributed by atoms with Gasteiger partial charge in [0, 0.05) is 12.4 Å². The van der Waals surface area contributed by atoms with E-state index < -0.39 is 12.0 Å². The number of rotatable bonds is 3. The molecule has 5 nitrogen and oxygen atoms in total. The molecule has 19 heavy (non-hydrogen) atoms. The smallest absolute Gasteiger partial charge is 0.328 e. The zero-order valence-electron chi connectivity index (χ0n) is 11.2. The molecule has 0 bridgehead atoms. The molecule has 2 rings (SSSR count). The van der Waals surface area contributed by atoms with Gasteiger partial charge in [-0.25, -0.2) is 4.79 Å². The zero-order valence-corrected chi connectivity index (χ0v) is 11.2. The molecule has 1 unspecified atom stereocenters. The standard InChI is InChI=1S/C14H16N2O3/c1-4-19-14(18)10(3)16-6-5-12-11(13(16)17)7-9(2)8-15-12/h5-8,10H,4H2,1-3H3. The third-order valence-corrected chi connectivity index (χ3v) is 2.96. The van der Waals surface area contributed by atoms with Gasteiger partial charge in [0.2, 0.25) is 0 Å². The van der Waals surface area contributed by atoms with Gasteiger partial charge < -0.3 is 9.30 Å². The highest BCUT2D eigenvalue weighted by Crippen LogP contribution is 2.11. The van der Waals surface area contributed by atoms with E-state index in [2.05, 4.69) is 4.98 Å². The van der Waals surface area contributed by atoms with E-state index in [9.17, 15) is 9.59 Å². The Bertz CT molecular complexity index is 676. The second-order valence-corrected chi connectivity index (χ2v) is 4.40. The third kappa shape index (κ3) is 2.50. The fourth-order valence-corrected chi connectivity index (χ4v) is 1.92. The van der Waals surface area contributed by atoms with Gasteiger partial charge in [-0.15, -0.1) is 0 Å². The molecular weight excluding hydrogens is 244 g/mol. The van der Waals surface area contributed by atoms with Gasteiger partial charge in [0.15, 0.2) is 0 Å². The molecule has 0 N–H and O–H groups in total. The molecule has 5 heteroatoms. The number of esters is 1. The summed E-state index contributed by atoms with van der Waals surface area (Å²) in [6.07, 6.45) is 3.29. The number of hydrogen-bond donors (Lipinski definition) is 0. The van der Waals surface area contributed by atoms with Crippen LogP contribution in [0.25, 0.3) is 10.9 Å². The van der Waals surface area contributed by atoms with Gasteiger partial charge >= 0.3 is 5.97 Å². The second-order valence-electron chi connectivity index (χ2n) is 4.40. The van der Waals surface area contributed by atoms with Crippen molar-refractivity contribution < 1.29 is 9.53 Å². The maximum Gasteiger partial charge on any atom is 0.328 e. The first-order chi connectivity index (χ1) is 9.04. The molecule has 0 amide bonds. The van der Waals surface area contributed by atoms with Crippen molar-refractivity contribution in [3.05, 3.63) is 40.4 Å². The quantitative estimate of drug-likeness (QED) is 0.790. The van der Waals surface area contributed by atoms with Gasteiger partial charge in [0.1, 0.15) is 6.04 Å². The molecular formula is C14H16N2O3. The number of ether oxygens (including phenoxy) is 1. The van der Waals surface area contributed by atoms with E-state index in [0.29, 0.717) is 17.5 Å². The molecule has 2 heterocycles. The van der Waals surface area contributed by atoms with Crippen molar-refractivity contribution in [3.8, 4) is 0 Å². The Balaban J connectivity index is 2.53. The van der Waals surface area contributed by atoms with Gasteiger partial charge in [-0.2, -0.15) is 0 Å². The molecule has 0 saturated carbocycles. The molecule has 0 radical (unpaired) electrons. The topological polar surface area (TPSA) is 61.2 Å². The highest BCUT2D eigenvalue weighted by molar-refractivity contribution is 5.79. The van der Waals surface area contributed by atoms with Crippen LogP contribution < -0.4 is 5.56 Å². The van der Waals surface area contributed by atoms with Crippen LogP contribution in [0.4, 0.5) is 0 Å². The number of aromatic nitrogens is 2. The van der Waals surface area contributed by atoms with Crippen molar-refractivity contribution in [1.29, 1.82) is 0 Å². The van der Waals surface area contributed by atoms with Crippen molar-refractivity contribution >= 4 is 16.9 Å². The average molecular weight is 260 g/mol. The van der Waals surface area contributed by atoms with Crippen LogP contribution in [0.3, 0.4) is 0 Å². The lowest BCUT2D eigenvalue weighted by molar-refractivity contribution is -0.146. The second kappa shape index (κ2) is 5.22. The van der Waals surface area contributed by atoms with Crippen molar-refractivity contribution in [2.75, 3.05) is 6.61 Å². The highest BCUT2D eigenvalue weighted by Gasteiger charge is 2.18. The molecule has 100 valence electrons.